The summed E-state index contributed by atoms with van der Waals surface area (Å²) < 4.78 is 29.0. The van der Waals surface area contributed by atoms with Crippen LogP contribution in [0.15, 0.2) is 0 Å². The van der Waals surface area contributed by atoms with Crippen LogP contribution in [0.3, 0.4) is 0 Å². The van der Waals surface area contributed by atoms with Gasteiger partial charge in [-0.25, -0.2) is 0 Å². The van der Waals surface area contributed by atoms with Gasteiger partial charge in [0.05, 0.1) is 6.61 Å². The average Bonchev–Trinajstić information content (AvgIpc) is 1.84. The molecule has 0 saturated carbocycles. The lowest BCUT2D eigenvalue weighted by Gasteiger charge is -2.20. The standard InChI is InChI=1S/C3H10N2O4S/c4-1-3(5,2-6)10(7,8)9/h6H,1-2,4-5H2,(H,7,8,9). The van der Waals surface area contributed by atoms with Gasteiger partial charge in [0.2, 0.25) is 0 Å². The molecule has 6 N–H and O–H groups in total. The first kappa shape index (κ1) is 9.79. The Morgan fingerprint density at radius 1 is 1.50 bits per heavy atom. The van der Waals surface area contributed by atoms with E-state index in [1.54, 1.807) is 0 Å². The van der Waals surface area contributed by atoms with Crippen molar-refractivity contribution < 1.29 is 18.1 Å². The third kappa shape index (κ3) is 1.64. The van der Waals surface area contributed by atoms with Crippen molar-refractivity contribution in [3.05, 3.63) is 0 Å². The number of hydrogen-bond acceptors (Lipinski definition) is 5. The van der Waals surface area contributed by atoms with Crippen LogP contribution in [0.4, 0.5) is 0 Å². The van der Waals surface area contributed by atoms with Crippen molar-refractivity contribution in [1.82, 2.24) is 0 Å². The highest BCUT2D eigenvalue weighted by Gasteiger charge is 2.36. The summed E-state index contributed by atoms with van der Waals surface area (Å²) in [6.07, 6.45) is 0. The van der Waals surface area contributed by atoms with Crippen LogP contribution in [-0.4, -0.2) is 36.1 Å². The molecule has 0 spiro atoms. The van der Waals surface area contributed by atoms with E-state index in [4.69, 9.17) is 21.1 Å². The van der Waals surface area contributed by atoms with E-state index in [1.807, 2.05) is 0 Å². The molecule has 7 heteroatoms. The highest BCUT2D eigenvalue weighted by Crippen LogP contribution is 2.04. The molecule has 6 nitrogen and oxygen atoms in total. The van der Waals surface area contributed by atoms with E-state index in [9.17, 15) is 8.42 Å². The first-order valence-electron chi connectivity index (χ1n) is 2.44. The van der Waals surface area contributed by atoms with Crippen LogP contribution in [0.1, 0.15) is 0 Å². The molecule has 62 valence electrons. The van der Waals surface area contributed by atoms with Crippen LogP contribution in [0.2, 0.25) is 0 Å². The fourth-order valence-corrected chi connectivity index (χ4v) is 0.625. The van der Waals surface area contributed by atoms with Gasteiger partial charge in [0.15, 0.2) is 4.87 Å². The van der Waals surface area contributed by atoms with Crippen LogP contribution >= 0.6 is 0 Å². The Kier molecular flexibility index (Phi) is 2.75. The normalized spacial score (nSPS) is 18.4. The molecule has 0 saturated heterocycles. The summed E-state index contributed by atoms with van der Waals surface area (Å²) in [6, 6.07) is 0. The zero-order valence-electron chi connectivity index (χ0n) is 5.19. The molecule has 0 fully saturated rings. The van der Waals surface area contributed by atoms with E-state index in [0.29, 0.717) is 0 Å². The number of hydrogen-bond donors (Lipinski definition) is 4. The van der Waals surface area contributed by atoms with Crippen LogP contribution in [0, 0.1) is 0 Å². The second kappa shape index (κ2) is 2.81. The van der Waals surface area contributed by atoms with E-state index in [-0.39, 0.29) is 0 Å². The Hall–Kier alpha value is -0.210. The summed E-state index contributed by atoms with van der Waals surface area (Å²) in [5.74, 6) is 0. The van der Waals surface area contributed by atoms with Gasteiger partial charge in [-0.2, -0.15) is 8.42 Å². The maximum absolute atomic E-state index is 10.3. The number of aliphatic hydroxyl groups is 1. The molecule has 10 heavy (non-hydrogen) atoms. The van der Waals surface area contributed by atoms with Gasteiger partial charge < -0.3 is 16.6 Å². The molecule has 1 unspecified atom stereocenters. The van der Waals surface area contributed by atoms with E-state index >= 15 is 0 Å². The van der Waals surface area contributed by atoms with Gasteiger partial charge in [0.25, 0.3) is 10.1 Å². The summed E-state index contributed by atoms with van der Waals surface area (Å²) >= 11 is 0. The minimum Gasteiger partial charge on any atom is -0.393 e. The maximum atomic E-state index is 10.3. The average molecular weight is 170 g/mol. The smallest absolute Gasteiger partial charge is 0.287 e. The molecule has 0 aromatic rings. The van der Waals surface area contributed by atoms with Crippen molar-refractivity contribution in [3.63, 3.8) is 0 Å². The van der Waals surface area contributed by atoms with Gasteiger partial charge in [-0.3, -0.25) is 4.55 Å². The lowest BCUT2D eigenvalue weighted by molar-refractivity contribution is 0.237. The van der Waals surface area contributed by atoms with Crippen molar-refractivity contribution in [2.75, 3.05) is 13.2 Å². The molecule has 0 aliphatic carbocycles. The van der Waals surface area contributed by atoms with Gasteiger partial charge in [0.1, 0.15) is 0 Å². The van der Waals surface area contributed by atoms with E-state index in [2.05, 4.69) is 0 Å². The number of rotatable bonds is 3. The summed E-state index contributed by atoms with van der Waals surface area (Å²) in [4.78, 5) is -2.12. The molecular weight excluding hydrogens is 160 g/mol. The highest BCUT2D eigenvalue weighted by molar-refractivity contribution is 7.87. The number of nitrogens with two attached hydrogens (primary N) is 2. The third-order valence-corrected chi connectivity index (χ3v) is 2.45. The second-order valence-electron chi connectivity index (χ2n) is 1.90. The first-order valence-corrected chi connectivity index (χ1v) is 3.88. The third-order valence-electron chi connectivity index (χ3n) is 1.13. The summed E-state index contributed by atoms with van der Waals surface area (Å²) in [7, 11) is -4.46. The second-order valence-corrected chi connectivity index (χ2v) is 3.67. The van der Waals surface area contributed by atoms with Gasteiger partial charge in [-0.15, -0.1) is 0 Å². The number of aliphatic hydroxyl groups excluding tert-OH is 1. The zero-order valence-corrected chi connectivity index (χ0v) is 6.00. The minimum atomic E-state index is -4.46. The molecule has 0 radical (unpaired) electrons. The monoisotopic (exact) mass is 170 g/mol. The van der Waals surface area contributed by atoms with Crippen molar-refractivity contribution in [1.29, 1.82) is 0 Å². The predicted octanol–water partition coefficient (Wildman–Crippen LogP) is -2.52. The molecule has 0 rings (SSSR count). The van der Waals surface area contributed by atoms with E-state index in [0.717, 1.165) is 0 Å². The topological polar surface area (TPSA) is 127 Å². The van der Waals surface area contributed by atoms with Crippen LogP contribution in [0.25, 0.3) is 0 Å². The summed E-state index contributed by atoms with van der Waals surface area (Å²) in [6.45, 7) is -1.43. The molecule has 0 aromatic carbocycles. The van der Waals surface area contributed by atoms with Crippen LogP contribution < -0.4 is 11.5 Å². The molecule has 0 aliphatic rings. The molecule has 0 amide bonds. The largest absolute Gasteiger partial charge is 0.393 e. The molecule has 0 aliphatic heterocycles. The highest BCUT2D eigenvalue weighted by atomic mass is 32.2. The maximum Gasteiger partial charge on any atom is 0.287 e. The van der Waals surface area contributed by atoms with E-state index < -0.39 is 28.1 Å². The molecule has 0 heterocycles. The Bertz CT molecular complexity index is 195. The van der Waals surface area contributed by atoms with Crippen molar-refractivity contribution >= 4 is 10.1 Å². The summed E-state index contributed by atoms with van der Waals surface area (Å²) in [5, 5.41) is 8.38. The summed E-state index contributed by atoms with van der Waals surface area (Å²) in [5.41, 5.74) is 9.84. The van der Waals surface area contributed by atoms with Crippen molar-refractivity contribution in [2.45, 2.75) is 4.87 Å². The Morgan fingerprint density at radius 2 is 1.90 bits per heavy atom. The van der Waals surface area contributed by atoms with Gasteiger partial charge in [-0.05, 0) is 0 Å². The SMILES string of the molecule is NCC(N)(CO)S(=O)(=O)O. The van der Waals surface area contributed by atoms with Gasteiger partial charge in [0, 0.05) is 6.54 Å². The Balaban J connectivity index is 4.68. The Morgan fingerprint density at radius 3 is 1.90 bits per heavy atom. The molecule has 0 bridgehead atoms. The van der Waals surface area contributed by atoms with Crippen LogP contribution in [-0.2, 0) is 10.1 Å². The minimum absolute atomic E-state index is 0.525. The van der Waals surface area contributed by atoms with E-state index in [1.165, 1.54) is 0 Å². The van der Waals surface area contributed by atoms with Gasteiger partial charge >= 0.3 is 0 Å². The molecule has 1 atom stereocenters. The zero-order chi connectivity index (χ0) is 8.41. The fraction of sp³-hybridized carbons (Fsp3) is 1.00. The van der Waals surface area contributed by atoms with Gasteiger partial charge in [-0.1, -0.05) is 0 Å². The molecule has 0 aromatic heterocycles. The lowest BCUT2D eigenvalue weighted by Crippen LogP contribution is -2.56. The fourth-order valence-electron chi connectivity index (χ4n) is 0.251. The van der Waals surface area contributed by atoms with Crippen LogP contribution in [0.5, 0.6) is 0 Å². The first-order chi connectivity index (χ1) is 4.37. The molecular formula is C3H10N2O4S. The predicted molar refractivity (Wildman–Crippen MR) is 34.6 cm³/mol. The lowest BCUT2D eigenvalue weighted by atomic mass is 10.3. The quantitative estimate of drug-likeness (QED) is 0.346. The Labute approximate surface area is 58.6 Å². The van der Waals surface area contributed by atoms with Crippen molar-refractivity contribution in [3.8, 4) is 0 Å². The van der Waals surface area contributed by atoms with Crippen molar-refractivity contribution in [2.24, 2.45) is 11.5 Å².